The third-order valence-electron chi connectivity index (χ3n) is 6.47. The predicted octanol–water partition coefficient (Wildman–Crippen LogP) is 4.41. The van der Waals surface area contributed by atoms with Gasteiger partial charge in [-0.3, -0.25) is 4.79 Å². The zero-order chi connectivity index (χ0) is 21.9. The largest absolute Gasteiger partial charge is 0.393 e. The molecule has 3 atom stereocenters. The summed E-state index contributed by atoms with van der Waals surface area (Å²) in [6.45, 7) is 11.7. The van der Waals surface area contributed by atoms with Crippen LogP contribution in [0.5, 0.6) is 0 Å². The normalized spacial score (nSPS) is 19.9. The number of amides is 1. The maximum Gasteiger partial charge on any atom is 0.223 e. The summed E-state index contributed by atoms with van der Waals surface area (Å²) in [4.78, 5) is 12.7. The Balaban J connectivity index is 2.77. The van der Waals surface area contributed by atoms with Crippen LogP contribution in [0.3, 0.4) is 0 Å². The molecule has 0 aliphatic heterocycles. The molecular weight excluding hydrogens is 364 g/mol. The number of rotatable bonds is 14. The molecular formula is C24H48N2O3. The number of nitrogens with two attached hydrogens (primary N) is 1. The van der Waals surface area contributed by atoms with Crippen molar-refractivity contribution in [3.63, 3.8) is 0 Å². The van der Waals surface area contributed by atoms with Gasteiger partial charge in [-0.25, -0.2) is 0 Å². The van der Waals surface area contributed by atoms with E-state index >= 15 is 0 Å². The molecule has 29 heavy (non-hydrogen) atoms. The van der Waals surface area contributed by atoms with Gasteiger partial charge in [0.2, 0.25) is 5.91 Å². The number of hydrogen-bond acceptors (Lipinski definition) is 4. The fourth-order valence-electron chi connectivity index (χ4n) is 4.52. The highest BCUT2D eigenvalue weighted by Gasteiger charge is 2.35. The monoisotopic (exact) mass is 412 g/mol. The second-order valence-electron chi connectivity index (χ2n) is 9.89. The standard InChI is InChI=1S/C24H48N2O3/c1-6-7-14-26-23(28)21(18(2)3)16-22(27)20(11-15-29-19(4)5)17-24(25)12-9-8-10-13-24/h18-22,27H,6-17,25H2,1-5H3,(H,26,28). The maximum atomic E-state index is 12.7. The van der Waals surface area contributed by atoms with Crippen LogP contribution in [0.2, 0.25) is 0 Å². The third kappa shape index (κ3) is 10.3. The lowest BCUT2D eigenvalue weighted by atomic mass is 9.73. The molecule has 5 heteroatoms. The van der Waals surface area contributed by atoms with Crippen LogP contribution in [0.15, 0.2) is 0 Å². The average Bonchev–Trinajstić information content (AvgIpc) is 2.65. The van der Waals surface area contributed by atoms with Crippen LogP contribution in [0.25, 0.3) is 0 Å². The molecule has 1 saturated carbocycles. The van der Waals surface area contributed by atoms with Crippen LogP contribution in [-0.2, 0) is 9.53 Å². The fraction of sp³-hybridized carbons (Fsp3) is 0.958. The van der Waals surface area contributed by atoms with E-state index in [-0.39, 0.29) is 35.3 Å². The summed E-state index contributed by atoms with van der Waals surface area (Å²) in [6.07, 6.45) is 9.49. The fourth-order valence-corrected chi connectivity index (χ4v) is 4.52. The lowest BCUT2D eigenvalue weighted by Gasteiger charge is -2.38. The molecule has 172 valence electrons. The van der Waals surface area contributed by atoms with Crippen LogP contribution in [0.4, 0.5) is 0 Å². The number of unbranched alkanes of at least 4 members (excludes halogenated alkanes) is 1. The Morgan fingerprint density at radius 2 is 1.83 bits per heavy atom. The van der Waals surface area contributed by atoms with Crippen molar-refractivity contribution in [3.05, 3.63) is 0 Å². The first kappa shape index (κ1) is 26.4. The van der Waals surface area contributed by atoms with Gasteiger partial charge in [0.25, 0.3) is 0 Å². The molecule has 5 nitrogen and oxygen atoms in total. The Morgan fingerprint density at radius 1 is 1.17 bits per heavy atom. The minimum Gasteiger partial charge on any atom is -0.393 e. The van der Waals surface area contributed by atoms with Gasteiger partial charge >= 0.3 is 0 Å². The van der Waals surface area contributed by atoms with Gasteiger partial charge < -0.3 is 20.9 Å². The summed E-state index contributed by atoms with van der Waals surface area (Å²) in [5.41, 5.74) is 6.55. The van der Waals surface area contributed by atoms with E-state index in [1.54, 1.807) is 0 Å². The van der Waals surface area contributed by atoms with Crippen molar-refractivity contribution >= 4 is 5.91 Å². The second kappa shape index (κ2) is 13.6. The van der Waals surface area contributed by atoms with Crippen LogP contribution < -0.4 is 11.1 Å². The van der Waals surface area contributed by atoms with Gasteiger partial charge in [0.15, 0.2) is 0 Å². The number of ether oxygens (including phenoxy) is 1. The van der Waals surface area contributed by atoms with E-state index in [0.717, 1.165) is 38.5 Å². The van der Waals surface area contributed by atoms with E-state index in [1.165, 1.54) is 19.3 Å². The Morgan fingerprint density at radius 3 is 2.38 bits per heavy atom. The zero-order valence-electron chi connectivity index (χ0n) is 19.7. The summed E-state index contributed by atoms with van der Waals surface area (Å²) >= 11 is 0. The van der Waals surface area contributed by atoms with Crippen molar-refractivity contribution in [3.8, 4) is 0 Å². The summed E-state index contributed by atoms with van der Waals surface area (Å²) in [7, 11) is 0. The van der Waals surface area contributed by atoms with E-state index in [4.69, 9.17) is 10.5 Å². The van der Waals surface area contributed by atoms with Gasteiger partial charge in [0.1, 0.15) is 0 Å². The van der Waals surface area contributed by atoms with Crippen molar-refractivity contribution in [2.24, 2.45) is 23.5 Å². The Kier molecular flexibility index (Phi) is 12.4. The lowest BCUT2D eigenvalue weighted by Crippen LogP contribution is -2.46. The third-order valence-corrected chi connectivity index (χ3v) is 6.47. The highest BCUT2D eigenvalue weighted by Crippen LogP contribution is 2.35. The van der Waals surface area contributed by atoms with Crippen molar-refractivity contribution in [1.29, 1.82) is 0 Å². The Bertz CT molecular complexity index is 447. The lowest BCUT2D eigenvalue weighted by molar-refractivity contribution is -0.128. The van der Waals surface area contributed by atoms with Crippen LogP contribution in [0.1, 0.15) is 98.8 Å². The molecule has 1 rings (SSSR count). The zero-order valence-corrected chi connectivity index (χ0v) is 19.7. The van der Waals surface area contributed by atoms with E-state index in [2.05, 4.69) is 26.1 Å². The summed E-state index contributed by atoms with van der Waals surface area (Å²) in [6, 6.07) is 0. The SMILES string of the molecule is CCCCNC(=O)C(CC(O)C(CCOC(C)C)CC1(N)CCCCC1)C(C)C. The molecule has 0 aromatic rings. The molecule has 4 N–H and O–H groups in total. The van der Waals surface area contributed by atoms with Crippen molar-refractivity contribution in [2.45, 2.75) is 117 Å². The quantitative estimate of drug-likeness (QED) is 0.369. The summed E-state index contributed by atoms with van der Waals surface area (Å²) in [5.74, 6) is 0.169. The number of aliphatic hydroxyl groups excluding tert-OH is 1. The van der Waals surface area contributed by atoms with Gasteiger partial charge in [0.05, 0.1) is 12.2 Å². The van der Waals surface area contributed by atoms with Gasteiger partial charge in [-0.2, -0.15) is 0 Å². The molecule has 1 aliphatic carbocycles. The van der Waals surface area contributed by atoms with E-state index in [9.17, 15) is 9.90 Å². The van der Waals surface area contributed by atoms with Crippen LogP contribution in [0, 0.1) is 17.8 Å². The molecule has 0 aromatic heterocycles. The first-order valence-electron chi connectivity index (χ1n) is 12.0. The summed E-state index contributed by atoms with van der Waals surface area (Å²) < 4.78 is 5.78. The Hall–Kier alpha value is -0.650. The second-order valence-corrected chi connectivity index (χ2v) is 9.89. The molecule has 3 unspecified atom stereocenters. The predicted molar refractivity (Wildman–Crippen MR) is 121 cm³/mol. The number of carbonyl (C=O) groups excluding carboxylic acids is 1. The van der Waals surface area contributed by atoms with Crippen molar-refractivity contribution < 1.29 is 14.6 Å². The van der Waals surface area contributed by atoms with Crippen LogP contribution in [-0.4, -0.2) is 41.9 Å². The number of hydrogen-bond donors (Lipinski definition) is 3. The molecule has 0 radical (unpaired) electrons. The Labute approximate surface area is 179 Å². The van der Waals surface area contributed by atoms with E-state index in [0.29, 0.717) is 19.6 Å². The van der Waals surface area contributed by atoms with Gasteiger partial charge in [-0.05, 0) is 64.2 Å². The van der Waals surface area contributed by atoms with E-state index in [1.807, 2.05) is 13.8 Å². The highest BCUT2D eigenvalue weighted by atomic mass is 16.5. The van der Waals surface area contributed by atoms with Gasteiger partial charge in [0, 0.05) is 24.6 Å². The smallest absolute Gasteiger partial charge is 0.223 e. The number of nitrogens with one attached hydrogen (secondary N) is 1. The molecule has 0 bridgehead atoms. The molecule has 1 amide bonds. The molecule has 0 heterocycles. The molecule has 0 saturated heterocycles. The van der Waals surface area contributed by atoms with E-state index < -0.39 is 6.10 Å². The minimum atomic E-state index is -0.530. The van der Waals surface area contributed by atoms with Crippen LogP contribution >= 0.6 is 0 Å². The first-order chi connectivity index (χ1) is 13.7. The van der Waals surface area contributed by atoms with Gasteiger partial charge in [-0.1, -0.05) is 46.5 Å². The molecule has 1 fully saturated rings. The topological polar surface area (TPSA) is 84.6 Å². The number of carbonyl (C=O) groups is 1. The molecule has 0 spiro atoms. The highest BCUT2D eigenvalue weighted by molar-refractivity contribution is 5.78. The van der Waals surface area contributed by atoms with Crippen molar-refractivity contribution in [2.75, 3.05) is 13.2 Å². The number of aliphatic hydroxyl groups is 1. The maximum absolute atomic E-state index is 12.7. The van der Waals surface area contributed by atoms with Gasteiger partial charge in [-0.15, -0.1) is 0 Å². The minimum absolute atomic E-state index is 0.0709. The molecule has 0 aromatic carbocycles. The molecule has 1 aliphatic rings. The average molecular weight is 413 g/mol. The van der Waals surface area contributed by atoms with Crippen molar-refractivity contribution in [1.82, 2.24) is 5.32 Å². The summed E-state index contributed by atoms with van der Waals surface area (Å²) in [5, 5.41) is 14.2. The first-order valence-corrected chi connectivity index (χ1v) is 12.0.